The van der Waals surface area contributed by atoms with E-state index < -0.39 is 5.12 Å². The van der Waals surface area contributed by atoms with Crippen molar-refractivity contribution in [3.63, 3.8) is 0 Å². The molecule has 4 aromatic rings. The lowest BCUT2D eigenvalue weighted by atomic mass is 10.2. The van der Waals surface area contributed by atoms with E-state index in [0.717, 1.165) is 22.6 Å². The lowest BCUT2D eigenvalue weighted by Crippen LogP contribution is -2.23. The quantitative estimate of drug-likeness (QED) is 0.477. The summed E-state index contributed by atoms with van der Waals surface area (Å²) < 4.78 is 14.2. The van der Waals surface area contributed by atoms with Gasteiger partial charge in [0, 0.05) is 16.8 Å². The molecule has 0 unspecified atom stereocenters. The molecular weight excluding hydrogens is 382 g/mol. The molecule has 0 saturated carbocycles. The van der Waals surface area contributed by atoms with Crippen LogP contribution in [0.4, 0.5) is 0 Å². The fraction of sp³-hybridized carbons (Fsp3) is 0.130. The summed E-state index contributed by atoms with van der Waals surface area (Å²) in [5.74, 6) is 0.778. The molecule has 0 aliphatic carbocycles. The van der Waals surface area contributed by atoms with Gasteiger partial charge in [-0.05, 0) is 23.9 Å². The van der Waals surface area contributed by atoms with Crippen molar-refractivity contribution in [1.82, 2.24) is 14.8 Å². The molecule has 0 bridgehead atoms. The smallest absolute Gasteiger partial charge is 0.253 e. The highest BCUT2D eigenvalue weighted by atomic mass is 32.2. The van der Waals surface area contributed by atoms with Crippen molar-refractivity contribution in [1.29, 1.82) is 0 Å². The Morgan fingerprint density at radius 3 is 1.97 bits per heavy atom. The van der Waals surface area contributed by atoms with Crippen LogP contribution in [0.3, 0.4) is 0 Å². The van der Waals surface area contributed by atoms with Gasteiger partial charge in [-0.3, -0.25) is 4.57 Å². The number of hydrogen-bond donors (Lipinski definition) is 0. The number of rotatable bonds is 5. The van der Waals surface area contributed by atoms with Crippen LogP contribution in [0.1, 0.15) is 5.56 Å². The normalized spacial score (nSPS) is 15.4. The van der Waals surface area contributed by atoms with Crippen LogP contribution in [-0.4, -0.2) is 28.0 Å². The van der Waals surface area contributed by atoms with Crippen molar-refractivity contribution in [2.45, 2.75) is 10.3 Å². The van der Waals surface area contributed by atoms with Gasteiger partial charge in [-0.1, -0.05) is 78.9 Å². The number of hydrogen-bond acceptors (Lipinski definition) is 5. The summed E-state index contributed by atoms with van der Waals surface area (Å²) in [4.78, 5) is 0. The summed E-state index contributed by atoms with van der Waals surface area (Å²) in [6.07, 6.45) is 0. The van der Waals surface area contributed by atoms with E-state index in [4.69, 9.17) is 9.47 Å². The molecule has 0 spiro atoms. The van der Waals surface area contributed by atoms with Crippen molar-refractivity contribution >= 4 is 11.8 Å². The molecule has 5 nitrogen and oxygen atoms in total. The molecule has 0 N–H and O–H groups in total. The van der Waals surface area contributed by atoms with Gasteiger partial charge in [0.2, 0.25) is 5.16 Å². The Hall–Kier alpha value is -2.93. The molecular formula is C23H19N3O2S. The van der Waals surface area contributed by atoms with E-state index in [1.54, 1.807) is 0 Å². The van der Waals surface area contributed by atoms with Gasteiger partial charge in [-0.15, -0.1) is 10.2 Å². The molecule has 1 aliphatic heterocycles. The molecule has 0 amide bonds. The topological polar surface area (TPSA) is 49.2 Å². The third-order valence-corrected chi connectivity index (χ3v) is 5.89. The maximum atomic E-state index is 6.10. The highest BCUT2D eigenvalue weighted by molar-refractivity contribution is 7.99. The highest BCUT2D eigenvalue weighted by Crippen LogP contribution is 2.46. The predicted octanol–water partition coefficient (Wildman–Crippen LogP) is 4.88. The van der Waals surface area contributed by atoms with E-state index in [9.17, 15) is 0 Å². The second-order valence-corrected chi connectivity index (χ2v) is 7.67. The first-order valence-corrected chi connectivity index (χ1v) is 10.3. The summed E-state index contributed by atoms with van der Waals surface area (Å²) in [5, 5.41) is 8.80. The average Bonchev–Trinajstić information content (AvgIpc) is 3.44. The van der Waals surface area contributed by atoms with E-state index in [0.29, 0.717) is 18.4 Å². The highest BCUT2D eigenvalue weighted by Gasteiger charge is 2.42. The molecule has 0 radical (unpaired) electrons. The standard InChI is InChI=1S/C23H19N3O2S/c1-4-10-18(11-5-1)21-24-25-22(26(21)20-14-8-3-9-15-20)29-23(27-16-17-28-23)19-12-6-2-7-13-19/h1-15H,16-17H2. The van der Waals surface area contributed by atoms with Gasteiger partial charge in [0.1, 0.15) is 0 Å². The minimum Gasteiger partial charge on any atom is -0.335 e. The van der Waals surface area contributed by atoms with Crippen LogP contribution in [0.5, 0.6) is 0 Å². The first-order valence-electron chi connectivity index (χ1n) is 9.44. The Morgan fingerprint density at radius 2 is 1.31 bits per heavy atom. The second-order valence-electron chi connectivity index (χ2n) is 6.56. The van der Waals surface area contributed by atoms with Crippen molar-refractivity contribution in [3.05, 3.63) is 96.6 Å². The molecule has 2 heterocycles. The van der Waals surface area contributed by atoms with Gasteiger partial charge < -0.3 is 9.47 Å². The zero-order chi connectivity index (χ0) is 19.5. The number of benzene rings is 3. The number of aromatic nitrogens is 3. The maximum Gasteiger partial charge on any atom is 0.253 e. The lowest BCUT2D eigenvalue weighted by molar-refractivity contribution is -0.0818. The molecule has 144 valence electrons. The van der Waals surface area contributed by atoms with Crippen LogP contribution in [0.2, 0.25) is 0 Å². The minimum absolute atomic E-state index is 0.535. The van der Waals surface area contributed by atoms with Crippen molar-refractivity contribution in [3.8, 4) is 17.1 Å². The summed E-state index contributed by atoms with van der Waals surface area (Å²) in [5.41, 5.74) is 2.93. The molecule has 6 heteroatoms. The average molecular weight is 401 g/mol. The van der Waals surface area contributed by atoms with Crippen LogP contribution in [0, 0.1) is 0 Å². The molecule has 29 heavy (non-hydrogen) atoms. The van der Waals surface area contributed by atoms with Crippen molar-refractivity contribution < 1.29 is 9.47 Å². The Kier molecular flexibility index (Phi) is 4.89. The van der Waals surface area contributed by atoms with Crippen molar-refractivity contribution in [2.24, 2.45) is 0 Å². The largest absolute Gasteiger partial charge is 0.335 e. The molecule has 1 aromatic heterocycles. The van der Waals surface area contributed by atoms with Gasteiger partial charge >= 0.3 is 0 Å². The van der Waals surface area contributed by atoms with Gasteiger partial charge in [0.15, 0.2) is 5.82 Å². The zero-order valence-corrected chi connectivity index (χ0v) is 16.5. The zero-order valence-electron chi connectivity index (χ0n) is 15.6. The third-order valence-electron chi connectivity index (χ3n) is 4.70. The molecule has 1 aliphatic rings. The van der Waals surface area contributed by atoms with Crippen LogP contribution in [0.15, 0.2) is 96.2 Å². The first kappa shape index (κ1) is 18.1. The summed E-state index contributed by atoms with van der Waals surface area (Å²) in [7, 11) is 0. The van der Waals surface area contributed by atoms with Crippen LogP contribution in [0.25, 0.3) is 17.1 Å². The number of thioether (sulfide) groups is 1. The lowest BCUT2D eigenvalue weighted by Gasteiger charge is -2.26. The van der Waals surface area contributed by atoms with E-state index in [1.807, 2.05) is 91.0 Å². The summed E-state index contributed by atoms with van der Waals surface area (Å²) in [6, 6.07) is 30.2. The van der Waals surface area contributed by atoms with Gasteiger partial charge in [0.05, 0.1) is 13.2 Å². The fourth-order valence-corrected chi connectivity index (χ4v) is 4.50. The molecule has 1 saturated heterocycles. The van der Waals surface area contributed by atoms with Gasteiger partial charge in [-0.2, -0.15) is 0 Å². The fourth-order valence-electron chi connectivity index (χ4n) is 3.36. The molecule has 0 atom stereocenters. The SMILES string of the molecule is c1ccc(-c2nnc(SC3(c4ccccc4)OCCO3)n2-c2ccccc2)cc1. The summed E-state index contributed by atoms with van der Waals surface area (Å²) >= 11 is 1.43. The number of nitrogens with zero attached hydrogens (tertiary/aromatic N) is 3. The predicted molar refractivity (Wildman–Crippen MR) is 113 cm³/mol. The molecule has 1 fully saturated rings. The van der Waals surface area contributed by atoms with E-state index >= 15 is 0 Å². The van der Waals surface area contributed by atoms with Crippen LogP contribution >= 0.6 is 11.8 Å². The Labute approximate surface area is 173 Å². The third kappa shape index (κ3) is 3.46. The Balaban J connectivity index is 1.63. The minimum atomic E-state index is -0.936. The number of para-hydroxylation sites is 1. The van der Waals surface area contributed by atoms with Crippen LogP contribution < -0.4 is 0 Å². The van der Waals surface area contributed by atoms with E-state index in [-0.39, 0.29) is 0 Å². The van der Waals surface area contributed by atoms with E-state index in [2.05, 4.69) is 14.8 Å². The van der Waals surface area contributed by atoms with E-state index in [1.165, 1.54) is 11.8 Å². The first-order chi connectivity index (χ1) is 14.4. The van der Waals surface area contributed by atoms with Gasteiger partial charge in [0.25, 0.3) is 5.12 Å². The molecule has 3 aromatic carbocycles. The Morgan fingerprint density at radius 1 is 0.724 bits per heavy atom. The second kappa shape index (κ2) is 7.83. The van der Waals surface area contributed by atoms with Gasteiger partial charge in [-0.25, -0.2) is 0 Å². The monoisotopic (exact) mass is 401 g/mol. The molecule has 5 rings (SSSR count). The summed E-state index contributed by atoms with van der Waals surface area (Å²) in [6.45, 7) is 1.07. The number of ether oxygens (including phenoxy) is 2. The van der Waals surface area contributed by atoms with Crippen LogP contribution in [-0.2, 0) is 14.6 Å². The maximum absolute atomic E-state index is 6.10. The Bertz CT molecular complexity index is 1080. The van der Waals surface area contributed by atoms with Crippen molar-refractivity contribution in [2.75, 3.05) is 13.2 Å².